The van der Waals surface area contributed by atoms with Crippen LogP contribution in [0.25, 0.3) is 5.65 Å². The van der Waals surface area contributed by atoms with E-state index in [0.717, 1.165) is 37.3 Å². The van der Waals surface area contributed by atoms with Gasteiger partial charge in [-0.2, -0.15) is 0 Å². The molecule has 3 aromatic rings. The van der Waals surface area contributed by atoms with Gasteiger partial charge in [0.2, 0.25) is 0 Å². The minimum Gasteiger partial charge on any atom is -0.298 e. The molecule has 4 heterocycles. The van der Waals surface area contributed by atoms with Gasteiger partial charge < -0.3 is 0 Å². The molecule has 1 N–H and O–H groups in total. The molecule has 0 unspecified atom stereocenters. The lowest BCUT2D eigenvalue weighted by atomic mass is 10.2. The van der Waals surface area contributed by atoms with Gasteiger partial charge in [0.05, 0.1) is 5.69 Å². The number of nitrogens with one attached hydrogen (secondary N) is 1. The first kappa shape index (κ1) is 16.9. The van der Waals surface area contributed by atoms with Crippen molar-refractivity contribution >= 4 is 28.0 Å². The van der Waals surface area contributed by atoms with E-state index in [9.17, 15) is 9.59 Å². The van der Waals surface area contributed by atoms with Crippen LogP contribution in [0, 0.1) is 6.92 Å². The van der Waals surface area contributed by atoms with Crippen molar-refractivity contribution in [2.45, 2.75) is 26.8 Å². The molecule has 0 spiro atoms. The predicted molar refractivity (Wildman–Crippen MR) is 101 cm³/mol. The molecular formula is C18H19N5O2S. The highest BCUT2D eigenvalue weighted by atomic mass is 32.1. The maximum Gasteiger partial charge on any atom is 0.270 e. The Labute approximate surface area is 154 Å². The molecule has 26 heavy (non-hydrogen) atoms. The summed E-state index contributed by atoms with van der Waals surface area (Å²) in [6, 6.07) is 3.63. The molecule has 0 fully saturated rings. The third-order valence-corrected chi connectivity index (χ3v) is 5.57. The summed E-state index contributed by atoms with van der Waals surface area (Å²) in [6.45, 7) is 6.86. The molecular weight excluding hydrogens is 350 g/mol. The fourth-order valence-electron chi connectivity index (χ4n) is 3.07. The fraction of sp³-hybridized carbons (Fsp3) is 0.333. The Morgan fingerprint density at radius 1 is 1.38 bits per heavy atom. The molecule has 4 rings (SSSR count). The average molecular weight is 369 g/mol. The van der Waals surface area contributed by atoms with Crippen LogP contribution in [0.15, 0.2) is 29.3 Å². The Hall–Kier alpha value is -2.58. The summed E-state index contributed by atoms with van der Waals surface area (Å²) >= 11 is 1.48. The van der Waals surface area contributed by atoms with Crippen molar-refractivity contribution in [2.24, 2.45) is 0 Å². The summed E-state index contributed by atoms with van der Waals surface area (Å²) in [5, 5.41) is 3.30. The van der Waals surface area contributed by atoms with Crippen LogP contribution in [0.3, 0.4) is 0 Å². The second-order valence-electron chi connectivity index (χ2n) is 6.37. The largest absolute Gasteiger partial charge is 0.298 e. The van der Waals surface area contributed by atoms with Crippen LogP contribution in [0.4, 0.5) is 5.13 Å². The molecule has 7 nitrogen and oxygen atoms in total. The molecule has 0 bridgehead atoms. The number of carbonyl (C=O) groups excluding carboxylic acids is 1. The normalized spacial score (nSPS) is 14.4. The Bertz CT molecular complexity index is 1060. The van der Waals surface area contributed by atoms with Crippen LogP contribution in [-0.2, 0) is 13.0 Å². The fourth-order valence-corrected chi connectivity index (χ4v) is 4.12. The molecule has 8 heteroatoms. The number of rotatable bonds is 3. The first-order valence-electron chi connectivity index (χ1n) is 8.55. The van der Waals surface area contributed by atoms with Gasteiger partial charge in [0, 0.05) is 36.8 Å². The molecule has 1 aliphatic rings. The molecule has 0 saturated carbocycles. The highest BCUT2D eigenvalue weighted by molar-refractivity contribution is 7.15. The van der Waals surface area contributed by atoms with E-state index in [4.69, 9.17) is 0 Å². The summed E-state index contributed by atoms with van der Waals surface area (Å²) in [5.41, 5.74) is 2.11. The second-order valence-corrected chi connectivity index (χ2v) is 7.46. The van der Waals surface area contributed by atoms with Crippen molar-refractivity contribution in [1.82, 2.24) is 19.3 Å². The average Bonchev–Trinajstić information content (AvgIpc) is 3.03. The number of fused-ring (bicyclic) bond motifs is 2. The first-order chi connectivity index (χ1) is 12.5. The van der Waals surface area contributed by atoms with Gasteiger partial charge >= 0.3 is 0 Å². The number of carbonyl (C=O) groups is 1. The van der Waals surface area contributed by atoms with E-state index in [2.05, 4.69) is 27.1 Å². The van der Waals surface area contributed by atoms with Gasteiger partial charge in [0.1, 0.15) is 11.2 Å². The van der Waals surface area contributed by atoms with Gasteiger partial charge in [-0.25, -0.2) is 9.97 Å². The van der Waals surface area contributed by atoms with Crippen molar-refractivity contribution < 1.29 is 4.79 Å². The smallest absolute Gasteiger partial charge is 0.270 e. The molecule has 0 saturated heterocycles. The molecule has 0 aromatic carbocycles. The van der Waals surface area contributed by atoms with Gasteiger partial charge in [-0.15, -0.1) is 11.3 Å². The van der Waals surface area contributed by atoms with Crippen LogP contribution < -0.4 is 10.9 Å². The third-order valence-electron chi connectivity index (χ3n) is 4.57. The van der Waals surface area contributed by atoms with Crippen LogP contribution in [0.1, 0.15) is 33.4 Å². The number of amides is 1. The monoisotopic (exact) mass is 369 g/mol. The zero-order chi connectivity index (χ0) is 18.3. The third kappa shape index (κ3) is 3.02. The van der Waals surface area contributed by atoms with Crippen molar-refractivity contribution in [3.8, 4) is 0 Å². The minimum atomic E-state index is -0.475. The maximum atomic E-state index is 12.6. The number of aromatic nitrogens is 3. The van der Waals surface area contributed by atoms with Crippen molar-refractivity contribution in [3.05, 3.63) is 56.6 Å². The predicted octanol–water partition coefficient (Wildman–Crippen LogP) is 2.09. The highest BCUT2D eigenvalue weighted by Crippen LogP contribution is 2.28. The van der Waals surface area contributed by atoms with E-state index in [1.165, 1.54) is 26.8 Å². The van der Waals surface area contributed by atoms with Gasteiger partial charge in [0.15, 0.2) is 5.13 Å². The van der Waals surface area contributed by atoms with E-state index in [1.54, 1.807) is 12.3 Å². The lowest BCUT2D eigenvalue weighted by molar-refractivity contribution is 0.102. The van der Waals surface area contributed by atoms with Crippen LogP contribution >= 0.6 is 11.3 Å². The lowest BCUT2D eigenvalue weighted by Crippen LogP contribution is -2.29. The van der Waals surface area contributed by atoms with Crippen molar-refractivity contribution in [2.75, 3.05) is 18.4 Å². The Morgan fingerprint density at radius 2 is 2.23 bits per heavy atom. The van der Waals surface area contributed by atoms with Crippen LogP contribution in [0.2, 0.25) is 0 Å². The molecule has 134 valence electrons. The number of nitrogens with zero attached hydrogens (tertiary/aromatic N) is 4. The zero-order valence-corrected chi connectivity index (χ0v) is 15.5. The Kier molecular flexibility index (Phi) is 4.29. The molecule has 0 atom stereocenters. The van der Waals surface area contributed by atoms with Gasteiger partial charge in [-0.3, -0.25) is 24.2 Å². The number of likely N-dealkylation sites (N-methyl/N-ethyl adjacent to an activating group) is 1. The second kappa shape index (κ2) is 6.62. The number of thiazole rings is 1. The SMILES string of the molecule is CCN1CCc2nc(NC(=O)c3cnc4ccc(C)cn4c3=O)sc2C1. The van der Waals surface area contributed by atoms with Crippen LogP contribution in [0.5, 0.6) is 0 Å². The molecule has 3 aromatic heterocycles. The molecule has 1 aliphatic heterocycles. The summed E-state index contributed by atoms with van der Waals surface area (Å²) in [5.74, 6) is -0.475. The van der Waals surface area contributed by atoms with Gasteiger partial charge in [-0.05, 0) is 25.1 Å². The van der Waals surface area contributed by atoms with E-state index >= 15 is 0 Å². The number of hydrogen-bond donors (Lipinski definition) is 1. The summed E-state index contributed by atoms with van der Waals surface area (Å²) < 4.78 is 1.40. The van der Waals surface area contributed by atoms with Gasteiger partial charge in [-0.1, -0.05) is 13.0 Å². The van der Waals surface area contributed by atoms with Crippen molar-refractivity contribution in [3.63, 3.8) is 0 Å². The van der Waals surface area contributed by atoms with E-state index in [0.29, 0.717) is 10.8 Å². The molecule has 0 aliphatic carbocycles. The Balaban J connectivity index is 1.61. The first-order valence-corrected chi connectivity index (χ1v) is 9.37. The number of anilines is 1. The summed E-state index contributed by atoms with van der Waals surface area (Å²) in [7, 11) is 0. The summed E-state index contributed by atoms with van der Waals surface area (Å²) in [6.07, 6.45) is 3.90. The highest BCUT2D eigenvalue weighted by Gasteiger charge is 2.21. The standard InChI is InChI=1S/C18H19N5O2S/c1-3-22-7-6-13-14(10-22)26-18(20-13)21-16(24)12-8-19-15-5-4-11(2)9-23(15)17(12)25/h4-5,8-9H,3,6-7,10H2,1-2H3,(H,20,21,24). The quantitative estimate of drug-likeness (QED) is 0.765. The van der Waals surface area contributed by atoms with E-state index in [-0.39, 0.29) is 11.1 Å². The van der Waals surface area contributed by atoms with Gasteiger partial charge in [0.25, 0.3) is 11.5 Å². The summed E-state index contributed by atoms with van der Waals surface area (Å²) in [4.78, 5) is 37.5. The maximum absolute atomic E-state index is 12.6. The van der Waals surface area contributed by atoms with E-state index in [1.807, 2.05) is 13.0 Å². The number of hydrogen-bond acceptors (Lipinski definition) is 6. The van der Waals surface area contributed by atoms with Crippen LogP contribution in [-0.4, -0.2) is 38.3 Å². The topological polar surface area (TPSA) is 79.6 Å². The minimum absolute atomic E-state index is 0.0106. The zero-order valence-electron chi connectivity index (χ0n) is 14.7. The lowest BCUT2D eigenvalue weighted by Gasteiger charge is -2.23. The molecule has 0 radical (unpaired) electrons. The van der Waals surface area contributed by atoms with E-state index < -0.39 is 5.91 Å². The Morgan fingerprint density at radius 3 is 3.04 bits per heavy atom. The number of pyridine rings is 1. The molecule has 1 amide bonds. The van der Waals surface area contributed by atoms with Crippen molar-refractivity contribution in [1.29, 1.82) is 0 Å². The number of aryl methyl sites for hydroxylation is 1.